The number of methoxy groups -OCH3 is 2. The van der Waals surface area contributed by atoms with Crippen LogP contribution in [0.2, 0.25) is 0 Å². The first-order valence-electron chi connectivity index (χ1n) is 6.68. The molecule has 0 aliphatic rings. The molecule has 4 nitrogen and oxygen atoms in total. The van der Waals surface area contributed by atoms with Crippen LogP contribution in [-0.2, 0) is 0 Å². The van der Waals surface area contributed by atoms with Crippen LogP contribution in [0.5, 0.6) is 17.2 Å². The van der Waals surface area contributed by atoms with Crippen LogP contribution in [0.1, 0.15) is 0 Å². The predicted molar refractivity (Wildman–Crippen MR) is 87.8 cm³/mol. The fourth-order valence-corrected chi connectivity index (χ4v) is 2.97. The van der Waals surface area contributed by atoms with Crippen LogP contribution in [0.3, 0.4) is 0 Å². The van der Waals surface area contributed by atoms with Gasteiger partial charge in [-0.3, -0.25) is 0 Å². The van der Waals surface area contributed by atoms with Gasteiger partial charge in [0.15, 0.2) is 0 Å². The van der Waals surface area contributed by atoms with E-state index in [-0.39, 0.29) is 5.75 Å². The van der Waals surface area contributed by atoms with Crippen molar-refractivity contribution in [2.45, 2.75) is 0 Å². The molecule has 0 atom stereocenters. The maximum atomic E-state index is 9.36. The Hall–Kier alpha value is -2.53. The van der Waals surface area contributed by atoms with E-state index in [0.717, 1.165) is 33.3 Å². The minimum Gasteiger partial charge on any atom is -0.508 e. The lowest BCUT2D eigenvalue weighted by molar-refractivity contribution is 0.395. The van der Waals surface area contributed by atoms with Gasteiger partial charge in [0.05, 0.1) is 19.9 Å². The maximum absolute atomic E-state index is 9.36. The molecule has 22 heavy (non-hydrogen) atoms. The number of phenols is 1. The van der Waals surface area contributed by atoms with E-state index in [1.54, 1.807) is 37.7 Å². The first kappa shape index (κ1) is 14.4. The fraction of sp³-hybridized carbons (Fsp3) is 0.118. The molecule has 1 aromatic heterocycles. The molecule has 0 aliphatic heterocycles. The zero-order valence-electron chi connectivity index (χ0n) is 12.2. The van der Waals surface area contributed by atoms with Crippen molar-refractivity contribution in [3.8, 4) is 39.1 Å². The summed E-state index contributed by atoms with van der Waals surface area (Å²) in [6, 6.07) is 12.7. The summed E-state index contributed by atoms with van der Waals surface area (Å²) in [7, 11) is 3.26. The van der Waals surface area contributed by atoms with Gasteiger partial charge in [0.1, 0.15) is 22.3 Å². The molecule has 3 rings (SSSR count). The molecule has 5 heteroatoms. The van der Waals surface area contributed by atoms with Crippen LogP contribution < -0.4 is 9.47 Å². The Bertz CT molecular complexity index is 781. The average Bonchev–Trinajstić information content (AvgIpc) is 3.04. The van der Waals surface area contributed by atoms with Gasteiger partial charge in [0.2, 0.25) is 0 Å². The molecular formula is C17H15NO3S. The summed E-state index contributed by atoms with van der Waals surface area (Å²) in [6.07, 6.45) is 0. The number of thiazole rings is 1. The summed E-state index contributed by atoms with van der Waals surface area (Å²) in [4.78, 5) is 4.66. The third-order valence-corrected chi connectivity index (χ3v) is 4.19. The Balaban J connectivity index is 1.98. The Labute approximate surface area is 132 Å². The number of nitrogens with zero attached hydrogens (tertiary/aromatic N) is 1. The van der Waals surface area contributed by atoms with E-state index in [2.05, 4.69) is 4.98 Å². The molecule has 0 bridgehead atoms. The van der Waals surface area contributed by atoms with E-state index in [1.165, 1.54) is 0 Å². The van der Waals surface area contributed by atoms with E-state index in [4.69, 9.17) is 9.47 Å². The lowest BCUT2D eigenvalue weighted by atomic mass is 10.1. The molecule has 0 unspecified atom stereocenters. The van der Waals surface area contributed by atoms with Gasteiger partial charge in [-0.15, -0.1) is 11.3 Å². The molecular weight excluding hydrogens is 298 g/mol. The highest BCUT2D eigenvalue weighted by molar-refractivity contribution is 7.13. The number of ether oxygens (including phenoxy) is 2. The van der Waals surface area contributed by atoms with Crippen molar-refractivity contribution >= 4 is 11.3 Å². The van der Waals surface area contributed by atoms with E-state index in [1.807, 2.05) is 35.7 Å². The summed E-state index contributed by atoms with van der Waals surface area (Å²) in [5.41, 5.74) is 2.75. The summed E-state index contributed by atoms with van der Waals surface area (Å²) < 4.78 is 10.6. The third-order valence-electron chi connectivity index (χ3n) is 3.30. The van der Waals surface area contributed by atoms with Crippen LogP contribution >= 0.6 is 11.3 Å². The quantitative estimate of drug-likeness (QED) is 0.784. The second-order valence-electron chi connectivity index (χ2n) is 4.65. The zero-order valence-corrected chi connectivity index (χ0v) is 13.1. The maximum Gasteiger partial charge on any atom is 0.131 e. The van der Waals surface area contributed by atoms with Gasteiger partial charge < -0.3 is 14.6 Å². The van der Waals surface area contributed by atoms with Gasteiger partial charge >= 0.3 is 0 Å². The van der Waals surface area contributed by atoms with Gasteiger partial charge in [0, 0.05) is 22.6 Å². The second-order valence-corrected chi connectivity index (χ2v) is 5.51. The van der Waals surface area contributed by atoms with Gasteiger partial charge in [-0.05, 0) is 36.4 Å². The molecule has 0 spiro atoms. The second kappa shape index (κ2) is 6.07. The van der Waals surface area contributed by atoms with E-state index >= 15 is 0 Å². The third kappa shape index (κ3) is 2.76. The lowest BCUT2D eigenvalue weighted by Gasteiger charge is -2.08. The van der Waals surface area contributed by atoms with Gasteiger partial charge in [-0.1, -0.05) is 0 Å². The highest BCUT2D eigenvalue weighted by atomic mass is 32.1. The number of rotatable bonds is 4. The Morgan fingerprint density at radius 2 is 1.77 bits per heavy atom. The van der Waals surface area contributed by atoms with Gasteiger partial charge in [0.25, 0.3) is 0 Å². The largest absolute Gasteiger partial charge is 0.508 e. The van der Waals surface area contributed by atoms with Crippen molar-refractivity contribution in [1.29, 1.82) is 0 Å². The molecule has 1 N–H and O–H groups in total. The first-order chi connectivity index (χ1) is 10.7. The van der Waals surface area contributed by atoms with Gasteiger partial charge in [-0.25, -0.2) is 4.98 Å². The predicted octanol–water partition coefficient (Wildman–Crippen LogP) is 4.20. The summed E-state index contributed by atoms with van der Waals surface area (Å²) in [5, 5.41) is 12.2. The molecule has 3 aromatic rings. The normalized spacial score (nSPS) is 10.5. The molecule has 112 valence electrons. The fourth-order valence-electron chi connectivity index (χ4n) is 2.14. The van der Waals surface area contributed by atoms with Crippen molar-refractivity contribution in [2.75, 3.05) is 14.2 Å². The molecule has 0 radical (unpaired) electrons. The highest BCUT2D eigenvalue weighted by Gasteiger charge is 2.12. The lowest BCUT2D eigenvalue weighted by Crippen LogP contribution is -1.90. The number of benzene rings is 2. The standard InChI is InChI=1S/C17H15NO3S/c1-20-13-7-8-14(16(9-13)21-2)15-10-22-17(18-15)11-3-5-12(19)6-4-11/h3-10,19H,1-2H3. The molecule has 0 saturated carbocycles. The molecule has 0 amide bonds. The number of aromatic nitrogens is 1. The topological polar surface area (TPSA) is 51.6 Å². The van der Waals surface area contributed by atoms with Crippen molar-refractivity contribution in [3.63, 3.8) is 0 Å². The Kier molecular flexibility index (Phi) is 3.98. The van der Waals surface area contributed by atoms with Crippen LogP contribution in [0.4, 0.5) is 0 Å². The smallest absolute Gasteiger partial charge is 0.131 e. The Morgan fingerprint density at radius 3 is 2.45 bits per heavy atom. The number of phenolic OH excluding ortho intramolecular Hbond substituents is 1. The molecule has 1 heterocycles. The molecule has 0 saturated heterocycles. The Morgan fingerprint density at radius 1 is 1.00 bits per heavy atom. The number of hydrogen-bond acceptors (Lipinski definition) is 5. The average molecular weight is 313 g/mol. The first-order valence-corrected chi connectivity index (χ1v) is 7.56. The summed E-state index contributed by atoms with van der Waals surface area (Å²) in [5.74, 6) is 1.72. The van der Waals surface area contributed by atoms with Crippen LogP contribution in [0.25, 0.3) is 21.8 Å². The van der Waals surface area contributed by atoms with Crippen LogP contribution in [0, 0.1) is 0 Å². The van der Waals surface area contributed by atoms with Crippen LogP contribution in [0.15, 0.2) is 47.8 Å². The minimum atomic E-state index is 0.248. The van der Waals surface area contributed by atoms with Crippen molar-refractivity contribution in [2.24, 2.45) is 0 Å². The SMILES string of the molecule is COc1ccc(-c2csc(-c3ccc(O)cc3)n2)c(OC)c1. The van der Waals surface area contributed by atoms with E-state index in [9.17, 15) is 5.11 Å². The van der Waals surface area contributed by atoms with Crippen molar-refractivity contribution in [3.05, 3.63) is 47.8 Å². The van der Waals surface area contributed by atoms with Crippen molar-refractivity contribution < 1.29 is 14.6 Å². The van der Waals surface area contributed by atoms with E-state index in [0.29, 0.717) is 0 Å². The molecule has 0 fully saturated rings. The number of aromatic hydroxyl groups is 1. The highest BCUT2D eigenvalue weighted by Crippen LogP contribution is 2.36. The van der Waals surface area contributed by atoms with Gasteiger partial charge in [-0.2, -0.15) is 0 Å². The monoisotopic (exact) mass is 313 g/mol. The minimum absolute atomic E-state index is 0.248. The zero-order chi connectivity index (χ0) is 15.5. The summed E-state index contributed by atoms with van der Waals surface area (Å²) >= 11 is 1.55. The van der Waals surface area contributed by atoms with Crippen LogP contribution in [-0.4, -0.2) is 24.3 Å². The van der Waals surface area contributed by atoms with Crippen molar-refractivity contribution in [1.82, 2.24) is 4.98 Å². The molecule has 0 aliphatic carbocycles. The molecule has 2 aromatic carbocycles. The summed E-state index contributed by atoms with van der Waals surface area (Å²) in [6.45, 7) is 0. The number of hydrogen-bond donors (Lipinski definition) is 1. The van der Waals surface area contributed by atoms with E-state index < -0.39 is 0 Å².